The molecule has 23 heavy (non-hydrogen) atoms. The average molecular weight is 319 g/mol. The lowest BCUT2D eigenvalue weighted by Crippen LogP contribution is -2.54. The predicted octanol–water partition coefficient (Wildman–Crippen LogP) is 2.99. The molecule has 2 rings (SSSR count). The Morgan fingerprint density at radius 3 is 2.65 bits per heavy atom. The van der Waals surface area contributed by atoms with E-state index in [-0.39, 0.29) is 5.82 Å². The molecular weight excluding hydrogens is 297 g/mol. The Labute approximate surface area is 135 Å². The lowest BCUT2D eigenvalue weighted by Gasteiger charge is -2.39. The SMILES string of the molecule is CC(C)(NCc1cnn(-c2cccc(F)c2)c1)C(C)(C)C(=O)O. The molecule has 0 bridgehead atoms. The van der Waals surface area contributed by atoms with Crippen molar-refractivity contribution in [2.24, 2.45) is 5.41 Å². The maximum Gasteiger partial charge on any atom is 0.310 e. The summed E-state index contributed by atoms with van der Waals surface area (Å²) < 4.78 is 14.9. The number of rotatable bonds is 6. The molecule has 0 atom stereocenters. The van der Waals surface area contributed by atoms with Crippen LogP contribution >= 0.6 is 0 Å². The fourth-order valence-corrected chi connectivity index (χ4v) is 2.02. The summed E-state index contributed by atoms with van der Waals surface area (Å²) in [6, 6.07) is 6.18. The first-order valence-electron chi connectivity index (χ1n) is 7.41. The lowest BCUT2D eigenvalue weighted by molar-refractivity contribution is -0.151. The van der Waals surface area contributed by atoms with Crippen LogP contribution in [0.15, 0.2) is 36.7 Å². The van der Waals surface area contributed by atoms with Gasteiger partial charge in [-0.25, -0.2) is 9.07 Å². The van der Waals surface area contributed by atoms with E-state index in [1.165, 1.54) is 12.1 Å². The number of hydrogen-bond donors (Lipinski definition) is 2. The van der Waals surface area contributed by atoms with E-state index in [2.05, 4.69) is 10.4 Å². The van der Waals surface area contributed by atoms with Crippen molar-refractivity contribution in [1.29, 1.82) is 0 Å². The van der Waals surface area contributed by atoms with Crippen LogP contribution in [0.25, 0.3) is 5.69 Å². The van der Waals surface area contributed by atoms with Crippen LogP contribution in [0.1, 0.15) is 33.3 Å². The maximum atomic E-state index is 13.3. The topological polar surface area (TPSA) is 67.2 Å². The molecule has 124 valence electrons. The Kier molecular flexibility index (Phi) is 4.56. The molecule has 0 saturated heterocycles. The Bertz CT molecular complexity index is 707. The van der Waals surface area contributed by atoms with Crippen LogP contribution < -0.4 is 5.32 Å². The van der Waals surface area contributed by atoms with E-state index in [4.69, 9.17) is 0 Å². The van der Waals surface area contributed by atoms with Gasteiger partial charge in [-0.1, -0.05) is 6.07 Å². The lowest BCUT2D eigenvalue weighted by atomic mass is 9.74. The second-order valence-corrected chi connectivity index (χ2v) is 6.68. The molecule has 6 heteroatoms. The molecule has 5 nitrogen and oxygen atoms in total. The first kappa shape index (κ1) is 17.1. The number of aliphatic carboxylic acids is 1. The van der Waals surface area contributed by atoms with E-state index < -0.39 is 16.9 Å². The van der Waals surface area contributed by atoms with Gasteiger partial charge in [-0.15, -0.1) is 0 Å². The second-order valence-electron chi connectivity index (χ2n) is 6.68. The highest BCUT2D eigenvalue weighted by molar-refractivity contribution is 5.75. The van der Waals surface area contributed by atoms with E-state index in [0.717, 1.165) is 5.56 Å². The number of hydrogen-bond acceptors (Lipinski definition) is 3. The zero-order valence-electron chi connectivity index (χ0n) is 13.8. The highest BCUT2D eigenvalue weighted by atomic mass is 19.1. The first-order valence-corrected chi connectivity index (χ1v) is 7.41. The van der Waals surface area contributed by atoms with Crippen molar-refractivity contribution in [3.05, 3.63) is 48.0 Å². The number of benzene rings is 1. The van der Waals surface area contributed by atoms with Gasteiger partial charge in [0.2, 0.25) is 0 Å². The third kappa shape index (κ3) is 3.59. The number of nitrogens with one attached hydrogen (secondary N) is 1. The number of carboxylic acids is 1. The first-order chi connectivity index (χ1) is 10.6. The summed E-state index contributed by atoms with van der Waals surface area (Å²) in [5, 5.41) is 16.8. The largest absolute Gasteiger partial charge is 0.481 e. The summed E-state index contributed by atoms with van der Waals surface area (Å²) in [7, 11) is 0. The van der Waals surface area contributed by atoms with E-state index >= 15 is 0 Å². The fourth-order valence-electron chi connectivity index (χ4n) is 2.02. The summed E-state index contributed by atoms with van der Waals surface area (Å²) >= 11 is 0. The van der Waals surface area contributed by atoms with Gasteiger partial charge in [0.05, 0.1) is 17.3 Å². The van der Waals surface area contributed by atoms with E-state index in [9.17, 15) is 14.3 Å². The number of carbonyl (C=O) groups is 1. The molecule has 0 radical (unpaired) electrons. The number of aromatic nitrogens is 2. The monoisotopic (exact) mass is 319 g/mol. The quantitative estimate of drug-likeness (QED) is 0.859. The van der Waals surface area contributed by atoms with Gasteiger partial charge in [0.25, 0.3) is 0 Å². The molecule has 0 unspecified atom stereocenters. The van der Waals surface area contributed by atoms with Crippen molar-refractivity contribution in [2.45, 2.75) is 39.8 Å². The average Bonchev–Trinajstić information content (AvgIpc) is 2.94. The summed E-state index contributed by atoms with van der Waals surface area (Å²) in [6.07, 6.45) is 3.48. The molecule has 1 aromatic heterocycles. The normalized spacial score (nSPS) is 12.4. The van der Waals surface area contributed by atoms with Crippen LogP contribution in [0.4, 0.5) is 4.39 Å². The van der Waals surface area contributed by atoms with Crippen molar-refractivity contribution >= 4 is 5.97 Å². The maximum absolute atomic E-state index is 13.3. The standard InChI is InChI=1S/C17H22FN3O2/c1-16(2,15(22)23)17(3,4)19-9-12-10-20-21(11-12)14-7-5-6-13(18)8-14/h5-8,10-11,19H,9H2,1-4H3,(H,22,23). The number of nitrogens with zero attached hydrogens (tertiary/aromatic N) is 2. The predicted molar refractivity (Wildman–Crippen MR) is 85.9 cm³/mol. The molecule has 2 aromatic rings. The van der Waals surface area contributed by atoms with E-state index in [1.54, 1.807) is 43.1 Å². The third-order valence-electron chi connectivity index (χ3n) is 4.54. The van der Waals surface area contributed by atoms with Crippen LogP contribution in [-0.4, -0.2) is 26.4 Å². The fraction of sp³-hybridized carbons (Fsp3) is 0.412. The van der Waals surface area contributed by atoms with Gasteiger partial charge in [-0.3, -0.25) is 4.79 Å². The minimum absolute atomic E-state index is 0.318. The smallest absolute Gasteiger partial charge is 0.310 e. The van der Waals surface area contributed by atoms with Crippen LogP contribution in [0.2, 0.25) is 0 Å². The zero-order valence-corrected chi connectivity index (χ0v) is 13.8. The van der Waals surface area contributed by atoms with Crippen molar-refractivity contribution in [2.75, 3.05) is 0 Å². The summed E-state index contributed by atoms with van der Waals surface area (Å²) in [6.45, 7) is 7.58. The summed E-state index contributed by atoms with van der Waals surface area (Å²) in [5.41, 5.74) is -0.00405. The van der Waals surface area contributed by atoms with Crippen molar-refractivity contribution < 1.29 is 14.3 Å². The van der Waals surface area contributed by atoms with Gasteiger partial charge in [0.1, 0.15) is 5.82 Å². The molecule has 0 fully saturated rings. The molecule has 0 aliphatic rings. The summed E-state index contributed by atoms with van der Waals surface area (Å²) in [4.78, 5) is 11.4. The molecule has 0 amide bonds. The van der Waals surface area contributed by atoms with Crippen LogP contribution in [0.5, 0.6) is 0 Å². The van der Waals surface area contributed by atoms with Crippen molar-refractivity contribution in [3.8, 4) is 5.69 Å². The molecule has 1 aromatic carbocycles. The molecule has 0 aliphatic carbocycles. The third-order valence-corrected chi connectivity index (χ3v) is 4.54. The molecule has 2 N–H and O–H groups in total. The van der Waals surface area contributed by atoms with E-state index in [0.29, 0.717) is 12.2 Å². The Balaban J connectivity index is 2.10. The number of halogens is 1. The highest BCUT2D eigenvalue weighted by Gasteiger charge is 2.43. The minimum Gasteiger partial charge on any atom is -0.481 e. The summed E-state index contributed by atoms with van der Waals surface area (Å²) in [5.74, 6) is -1.17. The van der Waals surface area contributed by atoms with Crippen LogP contribution in [0, 0.1) is 11.2 Å². The Hall–Kier alpha value is -2.21. The van der Waals surface area contributed by atoms with Crippen molar-refractivity contribution in [3.63, 3.8) is 0 Å². The molecule has 1 heterocycles. The molecule has 0 aliphatic heterocycles. The number of carboxylic acid groups (broad SMARTS) is 1. The second kappa shape index (κ2) is 6.12. The van der Waals surface area contributed by atoms with Crippen LogP contribution in [0.3, 0.4) is 0 Å². The zero-order chi connectivity index (χ0) is 17.3. The van der Waals surface area contributed by atoms with Crippen molar-refractivity contribution in [1.82, 2.24) is 15.1 Å². The molecule has 0 saturated carbocycles. The van der Waals surface area contributed by atoms with Gasteiger partial charge in [0, 0.05) is 23.8 Å². The van der Waals surface area contributed by atoms with Gasteiger partial charge >= 0.3 is 5.97 Å². The highest BCUT2D eigenvalue weighted by Crippen LogP contribution is 2.31. The minimum atomic E-state index is -0.925. The Morgan fingerprint density at radius 1 is 1.35 bits per heavy atom. The van der Waals surface area contributed by atoms with Gasteiger partial charge in [0.15, 0.2) is 0 Å². The Morgan fingerprint density at radius 2 is 2.04 bits per heavy atom. The van der Waals surface area contributed by atoms with Gasteiger partial charge < -0.3 is 10.4 Å². The van der Waals surface area contributed by atoms with E-state index in [1.807, 2.05) is 13.8 Å². The molecule has 0 spiro atoms. The molecular formula is C17H22FN3O2. The van der Waals surface area contributed by atoms with Gasteiger partial charge in [-0.2, -0.15) is 5.10 Å². The van der Waals surface area contributed by atoms with Crippen LogP contribution in [-0.2, 0) is 11.3 Å². The van der Waals surface area contributed by atoms with Gasteiger partial charge in [-0.05, 0) is 45.9 Å².